The van der Waals surface area contributed by atoms with Crippen LogP contribution >= 0.6 is 0 Å². The average molecular weight is 292 g/mol. The van der Waals surface area contributed by atoms with Crippen LogP contribution in [0.5, 0.6) is 0 Å². The summed E-state index contributed by atoms with van der Waals surface area (Å²) in [5.41, 5.74) is 6.56. The van der Waals surface area contributed by atoms with Crippen LogP contribution in [-0.4, -0.2) is 5.78 Å². The van der Waals surface area contributed by atoms with Gasteiger partial charge in [-0.25, -0.2) is 4.39 Å². The van der Waals surface area contributed by atoms with Crippen LogP contribution < -0.4 is 0 Å². The van der Waals surface area contributed by atoms with Crippen LogP contribution in [0.3, 0.4) is 0 Å². The van der Waals surface area contributed by atoms with Gasteiger partial charge in [-0.05, 0) is 46.2 Å². The second kappa shape index (κ2) is 4.64. The Labute approximate surface area is 129 Å². The second-order valence-electron chi connectivity index (χ2n) is 6.42. The molecule has 0 aliphatic heterocycles. The summed E-state index contributed by atoms with van der Waals surface area (Å²) >= 11 is 0. The Morgan fingerprint density at radius 1 is 1.18 bits per heavy atom. The Balaban J connectivity index is 2.06. The lowest BCUT2D eigenvalue weighted by molar-refractivity contribution is 0.0993. The molecule has 0 fully saturated rings. The van der Waals surface area contributed by atoms with Crippen molar-refractivity contribution in [2.45, 2.75) is 32.6 Å². The summed E-state index contributed by atoms with van der Waals surface area (Å²) in [6, 6.07) is 7.88. The number of hydrogen-bond donors (Lipinski definition) is 0. The quantitative estimate of drug-likeness (QED) is 0.608. The molecular formula is C20H17FO. The minimum Gasteiger partial charge on any atom is -0.294 e. The van der Waals surface area contributed by atoms with E-state index in [0.29, 0.717) is 23.5 Å². The highest BCUT2D eigenvalue weighted by molar-refractivity contribution is 6.06. The lowest BCUT2D eigenvalue weighted by Gasteiger charge is -2.17. The molecule has 2 heteroatoms. The molecule has 4 rings (SSSR count). The molecule has 0 saturated carbocycles. The third-order valence-electron chi connectivity index (χ3n) is 4.73. The first-order valence-corrected chi connectivity index (χ1v) is 7.75. The summed E-state index contributed by atoms with van der Waals surface area (Å²) in [5.74, 6) is 0.118. The van der Waals surface area contributed by atoms with Crippen molar-refractivity contribution in [1.29, 1.82) is 0 Å². The topological polar surface area (TPSA) is 17.1 Å². The molecular weight excluding hydrogens is 275 g/mol. The normalized spacial score (nSPS) is 15.0. The van der Waals surface area contributed by atoms with E-state index in [-0.39, 0.29) is 11.6 Å². The van der Waals surface area contributed by atoms with Crippen molar-refractivity contribution >= 4 is 11.9 Å². The lowest BCUT2D eigenvalue weighted by Crippen LogP contribution is -2.10. The van der Waals surface area contributed by atoms with Crippen LogP contribution in [0.4, 0.5) is 4.39 Å². The van der Waals surface area contributed by atoms with E-state index in [9.17, 15) is 9.18 Å². The number of fused-ring (bicyclic) bond motifs is 5. The Bertz CT molecular complexity index is 843. The number of Topliss-reactive ketones (excluding diaryl/α,β-unsaturated/α-hetero) is 1. The maximum atomic E-state index is 14.5. The first kappa shape index (κ1) is 13.4. The minimum atomic E-state index is -0.288. The predicted octanol–water partition coefficient (Wildman–Crippen LogP) is 5.12. The zero-order chi connectivity index (χ0) is 15.4. The predicted molar refractivity (Wildman–Crippen MR) is 86.7 cm³/mol. The minimum absolute atomic E-state index is 0.0344. The largest absolute Gasteiger partial charge is 0.294 e. The zero-order valence-corrected chi connectivity index (χ0v) is 12.7. The van der Waals surface area contributed by atoms with Crippen molar-refractivity contribution < 1.29 is 9.18 Å². The van der Waals surface area contributed by atoms with Gasteiger partial charge in [0, 0.05) is 17.5 Å². The standard InChI is InChI=1S/C20H17FO/c1-11(2)13-6-3-5-12-9-15-16(19(12)13)10-17(21)14-7-4-8-18(22)20(14)15/h3-7,10-11H,8-9H2,1-2H3. The van der Waals surface area contributed by atoms with Gasteiger partial charge in [-0.2, -0.15) is 0 Å². The molecule has 1 nitrogen and oxygen atoms in total. The van der Waals surface area contributed by atoms with Gasteiger partial charge in [0.2, 0.25) is 0 Å². The number of benzene rings is 2. The van der Waals surface area contributed by atoms with Crippen LogP contribution in [0.15, 0.2) is 30.3 Å². The van der Waals surface area contributed by atoms with E-state index in [2.05, 4.69) is 32.0 Å². The van der Waals surface area contributed by atoms with Crippen molar-refractivity contribution in [2.24, 2.45) is 0 Å². The molecule has 0 atom stereocenters. The number of carbonyl (C=O) groups excluding carboxylic acids is 1. The molecule has 22 heavy (non-hydrogen) atoms. The molecule has 0 amide bonds. The zero-order valence-electron chi connectivity index (χ0n) is 12.7. The molecule has 2 aliphatic carbocycles. The van der Waals surface area contributed by atoms with Crippen LogP contribution in [0, 0.1) is 5.82 Å². The van der Waals surface area contributed by atoms with Crippen molar-refractivity contribution in [2.75, 3.05) is 0 Å². The molecule has 0 radical (unpaired) electrons. The molecule has 0 unspecified atom stereocenters. The molecule has 0 saturated heterocycles. The number of halogens is 1. The fourth-order valence-electron chi connectivity index (χ4n) is 3.75. The van der Waals surface area contributed by atoms with Gasteiger partial charge >= 0.3 is 0 Å². The van der Waals surface area contributed by atoms with Gasteiger partial charge < -0.3 is 0 Å². The van der Waals surface area contributed by atoms with Crippen LogP contribution in [0.1, 0.15) is 58.8 Å². The molecule has 2 aliphatic rings. The van der Waals surface area contributed by atoms with Crippen molar-refractivity contribution in [3.63, 3.8) is 0 Å². The Hall–Kier alpha value is -2.22. The van der Waals surface area contributed by atoms with Gasteiger partial charge in [0.1, 0.15) is 5.82 Å². The average Bonchev–Trinajstić information content (AvgIpc) is 2.86. The maximum absolute atomic E-state index is 14.5. The first-order chi connectivity index (χ1) is 10.6. The number of ketones is 1. The highest BCUT2D eigenvalue weighted by Crippen LogP contribution is 2.45. The maximum Gasteiger partial charge on any atom is 0.167 e. The molecule has 0 bridgehead atoms. The number of rotatable bonds is 1. The van der Waals surface area contributed by atoms with E-state index in [1.165, 1.54) is 11.1 Å². The highest BCUT2D eigenvalue weighted by Gasteiger charge is 2.30. The monoisotopic (exact) mass is 292 g/mol. The van der Waals surface area contributed by atoms with Crippen LogP contribution in [0.25, 0.3) is 17.2 Å². The molecule has 0 N–H and O–H groups in total. The summed E-state index contributed by atoms with van der Waals surface area (Å²) in [6.45, 7) is 4.30. The van der Waals surface area contributed by atoms with E-state index in [1.54, 1.807) is 18.2 Å². The number of carbonyl (C=O) groups is 1. The van der Waals surface area contributed by atoms with Crippen molar-refractivity contribution in [1.82, 2.24) is 0 Å². The first-order valence-electron chi connectivity index (χ1n) is 7.75. The number of hydrogen-bond acceptors (Lipinski definition) is 1. The van der Waals surface area contributed by atoms with Gasteiger partial charge in [-0.1, -0.05) is 44.2 Å². The van der Waals surface area contributed by atoms with Gasteiger partial charge in [0.05, 0.1) is 0 Å². The molecule has 110 valence electrons. The van der Waals surface area contributed by atoms with E-state index in [1.807, 2.05) is 0 Å². The fraction of sp³-hybridized carbons (Fsp3) is 0.250. The summed E-state index contributed by atoms with van der Waals surface area (Å²) < 4.78 is 14.5. The third-order valence-corrected chi connectivity index (χ3v) is 4.73. The third kappa shape index (κ3) is 1.73. The van der Waals surface area contributed by atoms with E-state index in [0.717, 1.165) is 23.1 Å². The van der Waals surface area contributed by atoms with Crippen LogP contribution in [0.2, 0.25) is 0 Å². The molecule has 0 heterocycles. The smallest absolute Gasteiger partial charge is 0.167 e. The Kier molecular flexibility index (Phi) is 2.83. The van der Waals surface area contributed by atoms with Crippen molar-refractivity contribution in [3.05, 3.63) is 64.0 Å². The van der Waals surface area contributed by atoms with Gasteiger partial charge in [0.15, 0.2) is 5.78 Å². The van der Waals surface area contributed by atoms with E-state index in [4.69, 9.17) is 0 Å². The van der Waals surface area contributed by atoms with Crippen molar-refractivity contribution in [3.8, 4) is 11.1 Å². The highest BCUT2D eigenvalue weighted by atomic mass is 19.1. The van der Waals surface area contributed by atoms with E-state index < -0.39 is 0 Å². The summed E-state index contributed by atoms with van der Waals surface area (Å²) in [4.78, 5) is 12.3. The van der Waals surface area contributed by atoms with Crippen LogP contribution in [-0.2, 0) is 6.42 Å². The molecule has 0 aromatic heterocycles. The summed E-state index contributed by atoms with van der Waals surface area (Å²) in [6.07, 6.45) is 4.60. The lowest BCUT2D eigenvalue weighted by atomic mass is 9.87. The second-order valence-corrected chi connectivity index (χ2v) is 6.42. The van der Waals surface area contributed by atoms with Gasteiger partial charge in [0.25, 0.3) is 0 Å². The van der Waals surface area contributed by atoms with E-state index >= 15 is 0 Å². The van der Waals surface area contributed by atoms with Gasteiger partial charge in [-0.3, -0.25) is 4.79 Å². The number of allylic oxidation sites excluding steroid dienone is 1. The Morgan fingerprint density at radius 3 is 2.77 bits per heavy atom. The molecule has 2 aromatic carbocycles. The molecule has 2 aromatic rings. The fourth-order valence-corrected chi connectivity index (χ4v) is 3.75. The Morgan fingerprint density at radius 2 is 2.00 bits per heavy atom. The summed E-state index contributed by atoms with van der Waals surface area (Å²) in [5, 5.41) is 0. The summed E-state index contributed by atoms with van der Waals surface area (Å²) in [7, 11) is 0. The SMILES string of the molecule is CC(C)c1cccc2c1-c1cc(F)c3c(c1C2)C(=O)CC=C3. The van der Waals surface area contributed by atoms with Gasteiger partial charge in [-0.15, -0.1) is 0 Å². The molecule has 0 spiro atoms.